The van der Waals surface area contributed by atoms with Gasteiger partial charge in [-0.15, -0.1) is 0 Å². The Kier molecular flexibility index (Phi) is 5.11. The summed E-state index contributed by atoms with van der Waals surface area (Å²) in [7, 11) is 2.11. The van der Waals surface area contributed by atoms with Crippen molar-refractivity contribution in [2.45, 2.75) is 32.4 Å². The van der Waals surface area contributed by atoms with Gasteiger partial charge in [-0.3, -0.25) is 4.90 Å². The quantitative estimate of drug-likeness (QED) is 0.846. The normalized spacial score (nSPS) is 17.4. The zero-order valence-corrected chi connectivity index (χ0v) is 12.3. The Morgan fingerprint density at radius 1 is 1.40 bits per heavy atom. The summed E-state index contributed by atoms with van der Waals surface area (Å²) in [5.41, 5.74) is 1.14. The van der Waals surface area contributed by atoms with Crippen LogP contribution in [0.3, 0.4) is 0 Å². The van der Waals surface area contributed by atoms with E-state index in [9.17, 15) is 4.39 Å². The molecule has 2 rings (SSSR count). The molecule has 0 saturated carbocycles. The smallest absolute Gasteiger partial charge is 0.140 e. The van der Waals surface area contributed by atoms with Crippen molar-refractivity contribution in [3.63, 3.8) is 0 Å². The molecule has 0 unspecified atom stereocenters. The number of piperidine rings is 1. The first-order valence-corrected chi connectivity index (χ1v) is 7.25. The molecule has 1 heterocycles. The molecule has 0 radical (unpaired) electrons. The molecule has 0 amide bonds. The summed E-state index contributed by atoms with van der Waals surface area (Å²) in [6.45, 7) is 6.40. The molecule has 1 fully saturated rings. The van der Waals surface area contributed by atoms with E-state index >= 15 is 0 Å². The van der Waals surface area contributed by atoms with Crippen molar-refractivity contribution in [1.82, 2.24) is 9.80 Å². The van der Waals surface area contributed by atoms with Gasteiger partial charge in [0.25, 0.3) is 0 Å². The monoisotopic (exact) mass is 275 g/mol. The third kappa shape index (κ3) is 3.56. The Balaban J connectivity index is 1.95. The van der Waals surface area contributed by atoms with Gasteiger partial charge >= 0.3 is 0 Å². The highest BCUT2D eigenvalue weighted by atomic mass is 19.1. The van der Waals surface area contributed by atoms with Crippen LogP contribution in [0.1, 0.15) is 30.9 Å². The van der Waals surface area contributed by atoms with E-state index in [-0.39, 0.29) is 5.56 Å². The number of hydrogen-bond donors (Lipinski definition) is 0. The highest BCUT2D eigenvalue weighted by Gasteiger charge is 2.21. The molecular weight excluding hydrogens is 253 g/mol. The predicted octanol–water partition coefficient (Wildman–Crippen LogP) is 2.61. The van der Waals surface area contributed by atoms with Crippen molar-refractivity contribution >= 4 is 0 Å². The highest BCUT2D eigenvalue weighted by molar-refractivity contribution is 5.34. The fourth-order valence-corrected chi connectivity index (χ4v) is 2.85. The van der Waals surface area contributed by atoms with Crippen molar-refractivity contribution in [3.05, 3.63) is 35.1 Å². The summed E-state index contributed by atoms with van der Waals surface area (Å²) in [5, 5.41) is 8.87. The molecule has 20 heavy (non-hydrogen) atoms. The van der Waals surface area contributed by atoms with Crippen LogP contribution in [-0.4, -0.2) is 42.5 Å². The molecule has 108 valence electrons. The minimum Gasteiger partial charge on any atom is -0.303 e. The van der Waals surface area contributed by atoms with E-state index in [4.69, 9.17) is 5.26 Å². The van der Waals surface area contributed by atoms with Crippen molar-refractivity contribution in [1.29, 1.82) is 5.26 Å². The Labute approximate surface area is 120 Å². The summed E-state index contributed by atoms with van der Waals surface area (Å²) < 4.78 is 13.3. The maximum absolute atomic E-state index is 13.3. The van der Waals surface area contributed by atoms with E-state index in [0.717, 1.165) is 31.7 Å². The molecule has 0 atom stereocenters. The fourth-order valence-electron chi connectivity index (χ4n) is 2.85. The van der Waals surface area contributed by atoms with Crippen LogP contribution in [0.25, 0.3) is 0 Å². The molecule has 0 spiro atoms. The van der Waals surface area contributed by atoms with E-state index in [2.05, 4.69) is 23.8 Å². The van der Waals surface area contributed by atoms with Crippen molar-refractivity contribution in [3.8, 4) is 6.07 Å². The molecule has 0 bridgehead atoms. The van der Waals surface area contributed by atoms with Crippen LogP contribution in [0.2, 0.25) is 0 Å². The van der Waals surface area contributed by atoms with Crippen LogP contribution in [-0.2, 0) is 6.54 Å². The Hall–Kier alpha value is -1.44. The number of likely N-dealkylation sites (tertiary alicyclic amines) is 1. The summed E-state index contributed by atoms with van der Waals surface area (Å²) in [6.07, 6.45) is 2.35. The van der Waals surface area contributed by atoms with Crippen LogP contribution in [0.5, 0.6) is 0 Å². The summed E-state index contributed by atoms with van der Waals surface area (Å²) >= 11 is 0. The number of rotatable bonds is 4. The van der Waals surface area contributed by atoms with Gasteiger partial charge in [-0.1, -0.05) is 13.0 Å². The zero-order chi connectivity index (χ0) is 14.5. The van der Waals surface area contributed by atoms with E-state index in [1.165, 1.54) is 18.9 Å². The van der Waals surface area contributed by atoms with Crippen LogP contribution < -0.4 is 0 Å². The second kappa shape index (κ2) is 6.83. The second-order valence-corrected chi connectivity index (χ2v) is 5.51. The molecule has 0 N–H and O–H groups in total. The molecular formula is C16H22FN3. The number of nitrogens with zero attached hydrogens (tertiary/aromatic N) is 3. The molecule has 1 aromatic carbocycles. The molecule has 1 aromatic rings. The van der Waals surface area contributed by atoms with Gasteiger partial charge in [-0.05, 0) is 57.2 Å². The van der Waals surface area contributed by atoms with Gasteiger partial charge in [0.05, 0.1) is 5.56 Å². The second-order valence-electron chi connectivity index (χ2n) is 5.51. The number of hydrogen-bond acceptors (Lipinski definition) is 3. The minimum absolute atomic E-state index is 0.136. The first-order valence-electron chi connectivity index (χ1n) is 7.25. The fraction of sp³-hybridized carbons (Fsp3) is 0.562. The largest absolute Gasteiger partial charge is 0.303 e. The van der Waals surface area contributed by atoms with Crippen LogP contribution in [0.15, 0.2) is 18.2 Å². The molecule has 0 aliphatic carbocycles. The van der Waals surface area contributed by atoms with E-state index in [1.54, 1.807) is 12.1 Å². The first-order chi connectivity index (χ1) is 9.63. The molecule has 3 nitrogen and oxygen atoms in total. The Morgan fingerprint density at radius 2 is 2.10 bits per heavy atom. The van der Waals surface area contributed by atoms with E-state index in [0.29, 0.717) is 6.04 Å². The topological polar surface area (TPSA) is 30.3 Å². The lowest BCUT2D eigenvalue weighted by molar-refractivity contribution is 0.127. The van der Waals surface area contributed by atoms with Gasteiger partial charge in [0.1, 0.15) is 11.9 Å². The van der Waals surface area contributed by atoms with Crippen molar-refractivity contribution in [2.75, 3.05) is 26.7 Å². The van der Waals surface area contributed by atoms with Crippen molar-refractivity contribution in [2.24, 2.45) is 0 Å². The summed E-state index contributed by atoms with van der Waals surface area (Å²) in [5.74, 6) is -0.435. The average Bonchev–Trinajstić information content (AvgIpc) is 2.49. The van der Waals surface area contributed by atoms with Crippen LogP contribution >= 0.6 is 0 Å². The SMILES string of the molecule is CCN1CCC(N(C)Cc2ccc(F)c(C#N)c2)CC1. The van der Waals surface area contributed by atoms with Crippen LogP contribution in [0.4, 0.5) is 4.39 Å². The molecule has 0 aromatic heterocycles. The lowest BCUT2D eigenvalue weighted by atomic mass is 10.0. The third-order valence-electron chi connectivity index (χ3n) is 4.21. The number of benzene rings is 1. The Bertz CT molecular complexity index is 487. The Morgan fingerprint density at radius 3 is 2.70 bits per heavy atom. The first kappa shape index (κ1) is 15.0. The van der Waals surface area contributed by atoms with Gasteiger partial charge in [-0.2, -0.15) is 5.26 Å². The van der Waals surface area contributed by atoms with Gasteiger partial charge < -0.3 is 4.90 Å². The maximum Gasteiger partial charge on any atom is 0.140 e. The lowest BCUT2D eigenvalue weighted by Crippen LogP contribution is -2.42. The minimum atomic E-state index is -0.435. The molecule has 4 heteroatoms. The maximum atomic E-state index is 13.3. The molecule has 1 aliphatic rings. The van der Waals surface area contributed by atoms with Crippen molar-refractivity contribution < 1.29 is 4.39 Å². The third-order valence-corrected chi connectivity index (χ3v) is 4.21. The van der Waals surface area contributed by atoms with Gasteiger partial charge in [0, 0.05) is 12.6 Å². The predicted molar refractivity (Wildman–Crippen MR) is 77.7 cm³/mol. The molecule has 1 aliphatic heterocycles. The van der Waals surface area contributed by atoms with Gasteiger partial charge in [0.2, 0.25) is 0 Å². The summed E-state index contributed by atoms with van der Waals surface area (Å²) in [6, 6.07) is 7.30. The summed E-state index contributed by atoms with van der Waals surface area (Å²) in [4.78, 5) is 4.79. The van der Waals surface area contributed by atoms with Crippen LogP contribution in [0, 0.1) is 17.1 Å². The zero-order valence-electron chi connectivity index (χ0n) is 12.3. The highest BCUT2D eigenvalue weighted by Crippen LogP contribution is 2.18. The van der Waals surface area contributed by atoms with Gasteiger partial charge in [-0.25, -0.2) is 4.39 Å². The van der Waals surface area contributed by atoms with Gasteiger partial charge in [0.15, 0.2) is 0 Å². The molecule has 1 saturated heterocycles. The average molecular weight is 275 g/mol. The number of nitriles is 1. The number of halogens is 1. The lowest BCUT2D eigenvalue weighted by Gasteiger charge is -2.36. The van der Waals surface area contributed by atoms with E-state index in [1.807, 2.05) is 6.07 Å². The van der Waals surface area contributed by atoms with E-state index < -0.39 is 5.82 Å². The standard InChI is InChI=1S/C16H22FN3/c1-3-20-8-6-15(7-9-20)19(2)12-13-4-5-16(17)14(10-13)11-18/h4-5,10,15H,3,6-9,12H2,1-2H3.